The van der Waals surface area contributed by atoms with Crippen LogP contribution < -0.4 is 5.32 Å². The van der Waals surface area contributed by atoms with Gasteiger partial charge in [-0.3, -0.25) is 9.59 Å². The van der Waals surface area contributed by atoms with E-state index >= 15 is 0 Å². The lowest BCUT2D eigenvalue weighted by molar-refractivity contribution is -0.144. The lowest BCUT2D eigenvalue weighted by atomic mass is 10.1. The number of aliphatic carboxylic acids is 1. The number of carboxylic acid groups (broad SMARTS) is 1. The smallest absolute Gasteiger partial charge is 0.326 e. The van der Waals surface area contributed by atoms with Crippen molar-refractivity contribution in [3.05, 3.63) is 0 Å². The molecule has 0 aromatic rings. The van der Waals surface area contributed by atoms with Gasteiger partial charge in [-0.05, 0) is 6.42 Å². The quantitative estimate of drug-likeness (QED) is 0.396. The van der Waals surface area contributed by atoms with Crippen LogP contribution in [0.1, 0.15) is 12.8 Å². The lowest BCUT2D eigenvalue weighted by Crippen LogP contribution is -2.42. The van der Waals surface area contributed by atoms with Crippen LogP contribution in [0.3, 0.4) is 0 Å². The van der Waals surface area contributed by atoms with Crippen LogP contribution in [0.5, 0.6) is 0 Å². The molecule has 0 aliphatic carbocycles. The van der Waals surface area contributed by atoms with Gasteiger partial charge >= 0.3 is 11.9 Å². The first-order valence-electron chi connectivity index (χ1n) is 5.67. The minimum absolute atomic E-state index is 0.0359. The van der Waals surface area contributed by atoms with Crippen molar-refractivity contribution in [3.63, 3.8) is 0 Å². The molecule has 0 unspecified atom stereocenters. The zero-order valence-corrected chi connectivity index (χ0v) is 11.0. The van der Waals surface area contributed by atoms with Crippen molar-refractivity contribution in [2.24, 2.45) is 0 Å². The Kier molecular flexibility index (Phi) is 9.37. The zero-order chi connectivity index (χ0) is 14.7. The Hall–Kier alpha value is -1.67. The van der Waals surface area contributed by atoms with Gasteiger partial charge < -0.3 is 24.6 Å². The molecule has 0 heterocycles. The van der Waals surface area contributed by atoms with Gasteiger partial charge in [0.25, 0.3) is 0 Å². The number of esters is 1. The Balaban J connectivity index is 4.01. The Labute approximate surface area is 111 Å². The second-order valence-electron chi connectivity index (χ2n) is 3.62. The van der Waals surface area contributed by atoms with Gasteiger partial charge in [-0.2, -0.15) is 0 Å². The van der Waals surface area contributed by atoms with E-state index in [0.717, 1.165) is 0 Å². The van der Waals surface area contributed by atoms with E-state index in [-0.39, 0.29) is 26.1 Å². The number of hydrogen-bond donors (Lipinski definition) is 2. The second-order valence-corrected chi connectivity index (χ2v) is 3.62. The Morgan fingerprint density at radius 1 is 1.21 bits per heavy atom. The molecule has 0 rings (SSSR count). The topological polar surface area (TPSA) is 111 Å². The molecule has 0 spiro atoms. The van der Waals surface area contributed by atoms with Gasteiger partial charge in [0.15, 0.2) is 0 Å². The van der Waals surface area contributed by atoms with Gasteiger partial charge in [0.05, 0.1) is 20.3 Å². The molecule has 2 N–H and O–H groups in total. The summed E-state index contributed by atoms with van der Waals surface area (Å²) in [6, 6.07) is -1.14. The number of methoxy groups -OCH3 is 2. The Bertz CT molecular complexity index is 305. The molecule has 0 aromatic heterocycles. The summed E-state index contributed by atoms with van der Waals surface area (Å²) in [6.45, 7) is 0.327. The Morgan fingerprint density at radius 3 is 2.42 bits per heavy atom. The standard InChI is InChI=1S/C11H19NO7/c1-17-5-6-19-7-9(13)12-8(11(15)16)3-4-10(14)18-2/h8H,3-7H2,1-2H3,(H,12,13)(H,15,16)/t8-/m0/s1. The van der Waals surface area contributed by atoms with Crippen LogP contribution in [0.2, 0.25) is 0 Å². The minimum atomic E-state index is -1.21. The maximum Gasteiger partial charge on any atom is 0.326 e. The molecule has 8 nitrogen and oxygen atoms in total. The summed E-state index contributed by atoms with van der Waals surface area (Å²) in [6.07, 6.45) is -0.121. The third-order valence-electron chi connectivity index (χ3n) is 2.16. The summed E-state index contributed by atoms with van der Waals surface area (Å²) in [5, 5.41) is 11.2. The van der Waals surface area contributed by atoms with Gasteiger partial charge in [-0.15, -0.1) is 0 Å². The molecular formula is C11H19NO7. The van der Waals surface area contributed by atoms with E-state index in [1.165, 1.54) is 14.2 Å². The van der Waals surface area contributed by atoms with Crippen molar-refractivity contribution < 1.29 is 33.7 Å². The van der Waals surface area contributed by atoms with Gasteiger partial charge in [0, 0.05) is 13.5 Å². The molecule has 0 saturated carbocycles. The lowest BCUT2D eigenvalue weighted by Gasteiger charge is -2.13. The minimum Gasteiger partial charge on any atom is -0.480 e. The van der Waals surface area contributed by atoms with Gasteiger partial charge in [0.2, 0.25) is 5.91 Å². The molecule has 0 saturated heterocycles. The number of carbonyl (C=O) groups is 3. The van der Waals surface area contributed by atoms with Crippen molar-refractivity contribution >= 4 is 17.8 Å². The molecule has 1 atom stereocenters. The van der Waals surface area contributed by atoms with Crippen LogP contribution in [0.15, 0.2) is 0 Å². The van der Waals surface area contributed by atoms with E-state index in [1.807, 2.05) is 0 Å². The summed E-state index contributed by atoms with van der Waals surface area (Å²) in [7, 11) is 2.71. The van der Waals surface area contributed by atoms with Crippen molar-refractivity contribution in [2.45, 2.75) is 18.9 Å². The Morgan fingerprint density at radius 2 is 1.89 bits per heavy atom. The van der Waals surface area contributed by atoms with E-state index in [1.54, 1.807) is 0 Å². The maximum atomic E-state index is 11.4. The monoisotopic (exact) mass is 277 g/mol. The van der Waals surface area contributed by atoms with E-state index in [2.05, 4.69) is 10.1 Å². The number of nitrogens with one attached hydrogen (secondary N) is 1. The van der Waals surface area contributed by atoms with E-state index in [4.69, 9.17) is 14.6 Å². The van der Waals surface area contributed by atoms with Crippen LogP contribution in [-0.4, -0.2) is 63.0 Å². The average Bonchev–Trinajstić information content (AvgIpc) is 2.38. The highest BCUT2D eigenvalue weighted by atomic mass is 16.5. The van der Waals surface area contributed by atoms with Gasteiger partial charge in [-0.1, -0.05) is 0 Å². The average molecular weight is 277 g/mol. The van der Waals surface area contributed by atoms with Crippen molar-refractivity contribution in [1.82, 2.24) is 5.32 Å². The predicted octanol–water partition coefficient (Wildman–Crippen LogP) is -0.828. The second kappa shape index (κ2) is 10.3. The van der Waals surface area contributed by atoms with Crippen molar-refractivity contribution in [2.75, 3.05) is 34.0 Å². The van der Waals surface area contributed by atoms with Crippen LogP contribution in [0.25, 0.3) is 0 Å². The fourth-order valence-corrected chi connectivity index (χ4v) is 1.16. The number of carboxylic acids is 1. The first-order chi connectivity index (χ1) is 9.01. The fourth-order valence-electron chi connectivity index (χ4n) is 1.16. The van der Waals surface area contributed by atoms with E-state index < -0.39 is 23.9 Å². The number of carbonyl (C=O) groups excluding carboxylic acids is 2. The molecule has 0 aliphatic heterocycles. The molecule has 8 heteroatoms. The summed E-state index contributed by atoms with van der Waals surface area (Å²) in [5.74, 6) is -2.31. The molecular weight excluding hydrogens is 258 g/mol. The van der Waals surface area contributed by atoms with Gasteiger partial charge in [-0.25, -0.2) is 4.79 Å². The predicted molar refractivity (Wildman–Crippen MR) is 63.5 cm³/mol. The summed E-state index contributed by atoms with van der Waals surface area (Å²) >= 11 is 0. The highest BCUT2D eigenvalue weighted by Gasteiger charge is 2.21. The molecule has 0 aromatic carbocycles. The van der Waals surface area contributed by atoms with Crippen LogP contribution >= 0.6 is 0 Å². The number of amides is 1. The number of rotatable bonds is 10. The molecule has 0 bridgehead atoms. The summed E-state index contributed by atoms with van der Waals surface area (Å²) in [4.78, 5) is 33.2. The van der Waals surface area contributed by atoms with Crippen molar-refractivity contribution in [1.29, 1.82) is 0 Å². The van der Waals surface area contributed by atoms with Crippen LogP contribution in [0, 0.1) is 0 Å². The fraction of sp³-hybridized carbons (Fsp3) is 0.727. The highest BCUT2D eigenvalue weighted by Crippen LogP contribution is 1.99. The molecule has 0 aliphatic rings. The SMILES string of the molecule is COCCOCC(=O)N[C@@H](CCC(=O)OC)C(=O)O. The van der Waals surface area contributed by atoms with Crippen LogP contribution in [-0.2, 0) is 28.6 Å². The first-order valence-corrected chi connectivity index (χ1v) is 5.67. The van der Waals surface area contributed by atoms with Crippen molar-refractivity contribution in [3.8, 4) is 0 Å². The normalized spacial score (nSPS) is 11.7. The molecule has 19 heavy (non-hydrogen) atoms. The molecule has 0 fully saturated rings. The van der Waals surface area contributed by atoms with E-state index in [0.29, 0.717) is 6.61 Å². The number of ether oxygens (including phenoxy) is 3. The van der Waals surface area contributed by atoms with E-state index in [9.17, 15) is 14.4 Å². The summed E-state index contributed by atoms with van der Waals surface area (Å²) < 4.78 is 14.1. The maximum absolute atomic E-state index is 11.4. The summed E-state index contributed by atoms with van der Waals surface area (Å²) in [5.41, 5.74) is 0. The first kappa shape index (κ1) is 17.3. The zero-order valence-electron chi connectivity index (χ0n) is 11.0. The number of hydrogen-bond acceptors (Lipinski definition) is 6. The largest absolute Gasteiger partial charge is 0.480 e. The van der Waals surface area contributed by atoms with Gasteiger partial charge in [0.1, 0.15) is 12.6 Å². The molecule has 110 valence electrons. The van der Waals surface area contributed by atoms with Crippen LogP contribution in [0.4, 0.5) is 0 Å². The highest BCUT2D eigenvalue weighted by molar-refractivity contribution is 5.84. The molecule has 1 amide bonds. The molecule has 0 radical (unpaired) electrons. The third-order valence-corrected chi connectivity index (χ3v) is 2.16. The third kappa shape index (κ3) is 8.97.